The molecule has 0 spiro atoms. The van der Waals surface area contributed by atoms with E-state index in [0.717, 1.165) is 17.8 Å². The Morgan fingerprint density at radius 2 is 2.07 bits per heavy atom. The molecule has 0 atom stereocenters. The molecule has 0 N–H and O–H groups in total. The largest absolute Gasteiger partial charge is 0.299 e. The lowest BCUT2D eigenvalue weighted by molar-refractivity contribution is -0.118. The minimum Gasteiger partial charge on any atom is -0.299 e. The molecule has 0 aliphatic heterocycles. The van der Waals surface area contributed by atoms with Crippen LogP contribution < -0.4 is 0 Å². The Kier molecular flexibility index (Phi) is 4.77. The Labute approximate surface area is 102 Å². The molecule has 1 aromatic rings. The van der Waals surface area contributed by atoms with Crippen LogP contribution in [0.5, 0.6) is 0 Å². The second-order valence-corrected chi connectivity index (χ2v) is 5.41. The molecular formula is C10H10Cl2O2S. The highest BCUT2D eigenvalue weighted by Gasteiger charge is 2.16. The van der Waals surface area contributed by atoms with Gasteiger partial charge < -0.3 is 0 Å². The van der Waals surface area contributed by atoms with Crippen LogP contribution in [0, 0.1) is 0 Å². The number of halogens is 2. The van der Waals surface area contributed by atoms with Crippen molar-refractivity contribution in [1.82, 2.24) is 0 Å². The highest BCUT2D eigenvalue weighted by atomic mass is 35.5. The molecule has 0 unspecified atom stereocenters. The summed E-state index contributed by atoms with van der Waals surface area (Å²) < 4.78 is 0.820. The molecule has 0 aliphatic rings. The van der Waals surface area contributed by atoms with E-state index in [2.05, 4.69) is 0 Å². The molecule has 0 saturated heterocycles. The molecule has 15 heavy (non-hydrogen) atoms. The molecule has 1 rings (SSSR count). The van der Waals surface area contributed by atoms with Crippen molar-refractivity contribution in [3.8, 4) is 0 Å². The van der Waals surface area contributed by atoms with Gasteiger partial charge in [-0.15, -0.1) is 11.3 Å². The number of carbonyl (C=O) groups excluding carboxylic acids is 2. The molecule has 5 heteroatoms. The highest BCUT2D eigenvalue weighted by molar-refractivity contribution is 7.20. The van der Waals surface area contributed by atoms with Crippen molar-refractivity contribution in [3.05, 3.63) is 20.3 Å². The van der Waals surface area contributed by atoms with Gasteiger partial charge in [0.25, 0.3) is 0 Å². The van der Waals surface area contributed by atoms with Crippen LogP contribution in [0.3, 0.4) is 0 Å². The van der Waals surface area contributed by atoms with Gasteiger partial charge in [0.15, 0.2) is 5.78 Å². The first kappa shape index (κ1) is 12.7. The maximum absolute atomic E-state index is 11.6. The third-order valence-corrected chi connectivity index (χ3v) is 3.33. The topological polar surface area (TPSA) is 34.1 Å². The first-order chi connectivity index (χ1) is 7.04. The second-order valence-electron chi connectivity index (χ2n) is 3.13. The van der Waals surface area contributed by atoms with E-state index in [4.69, 9.17) is 23.2 Å². The van der Waals surface area contributed by atoms with E-state index >= 15 is 0 Å². The number of hydrogen-bond donors (Lipinski definition) is 0. The Balaban J connectivity index is 2.69. The van der Waals surface area contributed by atoms with Gasteiger partial charge >= 0.3 is 0 Å². The molecule has 0 saturated carbocycles. The molecule has 0 radical (unpaired) electrons. The van der Waals surface area contributed by atoms with Crippen LogP contribution in [-0.4, -0.2) is 11.6 Å². The summed E-state index contributed by atoms with van der Waals surface area (Å²) in [5, 5.41) is 0. The molecule has 2 nitrogen and oxygen atoms in total. The predicted molar refractivity (Wildman–Crippen MR) is 63.2 cm³/mol. The molecule has 0 bridgehead atoms. The summed E-state index contributed by atoms with van der Waals surface area (Å²) in [6, 6.07) is 1.51. The summed E-state index contributed by atoms with van der Waals surface area (Å²) in [7, 11) is 0. The fourth-order valence-electron chi connectivity index (χ4n) is 1.17. The lowest BCUT2D eigenvalue weighted by Crippen LogP contribution is -2.07. The molecule has 0 aliphatic carbocycles. The van der Waals surface area contributed by atoms with Crippen molar-refractivity contribution in [1.29, 1.82) is 0 Å². The molecule has 1 heterocycles. The molecular weight excluding hydrogens is 255 g/mol. The average Bonchev–Trinajstić information content (AvgIpc) is 2.45. The normalized spacial score (nSPS) is 10.3. The monoisotopic (exact) mass is 264 g/mol. The minimum absolute atomic E-state index is 0.0547. The lowest BCUT2D eigenvalue weighted by Gasteiger charge is -1.97. The maximum Gasteiger partial charge on any atom is 0.172 e. The van der Waals surface area contributed by atoms with Gasteiger partial charge in [-0.1, -0.05) is 30.1 Å². The zero-order chi connectivity index (χ0) is 11.4. The van der Waals surface area contributed by atoms with Crippen molar-refractivity contribution in [2.75, 3.05) is 0 Å². The predicted octanol–water partition coefficient (Wildman–Crippen LogP) is 4.00. The summed E-state index contributed by atoms with van der Waals surface area (Å²) >= 11 is 12.6. The van der Waals surface area contributed by atoms with Crippen molar-refractivity contribution in [3.63, 3.8) is 0 Å². The van der Waals surface area contributed by atoms with Crippen molar-refractivity contribution in [2.24, 2.45) is 0 Å². The van der Waals surface area contributed by atoms with Gasteiger partial charge in [0.05, 0.1) is 10.8 Å². The number of thiophene rings is 1. The third-order valence-electron chi connectivity index (χ3n) is 1.84. The number of ketones is 2. The standard InChI is InChI=1S/C10H10Cl2O2S/c1-2-3-6(13)4-8(14)7-5-9(11)15-10(7)12/h5H,2-4H2,1H3. The first-order valence-electron chi connectivity index (χ1n) is 4.54. The number of rotatable bonds is 5. The molecule has 0 aromatic carbocycles. The molecule has 1 aromatic heterocycles. The lowest BCUT2D eigenvalue weighted by atomic mass is 10.1. The smallest absolute Gasteiger partial charge is 0.172 e. The fraction of sp³-hybridized carbons (Fsp3) is 0.400. The van der Waals surface area contributed by atoms with Gasteiger partial charge in [-0.3, -0.25) is 9.59 Å². The maximum atomic E-state index is 11.6. The van der Waals surface area contributed by atoms with Gasteiger partial charge in [-0.2, -0.15) is 0 Å². The summed E-state index contributed by atoms with van der Waals surface area (Å²) in [6.45, 7) is 1.90. The van der Waals surface area contributed by atoms with Crippen LogP contribution >= 0.6 is 34.5 Å². The number of Topliss-reactive ketones (excluding diaryl/α,β-unsaturated/α-hetero) is 2. The van der Waals surface area contributed by atoms with E-state index in [1.54, 1.807) is 0 Å². The van der Waals surface area contributed by atoms with Crippen molar-refractivity contribution in [2.45, 2.75) is 26.2 Å². The SMILES string of the molecule is CCCC(=O)CC(=O)c1cc(Cl)sc1Cl. The van der Waals surface area contributed by atoms with Gasteiger partial charge in [0.2, 0.25) is 0 Å². The first-order valence-corrected chi connectivity index (χ1v) is 6.11. The Hall–Kier alpha value is -0.380. The van der Waals surface area contributed by atoms with Crippen molar-refractivity contribution < 1.29 is 9.59 Å². The van der Waals surface area contributed by atoms with E-state index in [1.807, 2.05) is 6.92 Å². The quantitative estimate of drug-likeness (QED) is 0.595. The van der Waals surface area contributed by atoms with E-state index < -0.39 is 0 Å². The fourth-order valence-corrected chi connectivity index (χ4v) is 2.67. The van der Waals surface area contributed by atoms with Gasteiger partial charge in [-0.25, -0.2) is 0 Å². The second kappa shape index (κ2) is 5.64. The molecule has 0 fully saturated rings. The number of hydrogen-bond acceptors (Lipinski definition) is 3. The van der Waals surface area contributed by atoms with Crippen LogP contribution in [0.15, 0.2) is 6.07 Å². The summed E-state index contributed by atoms with van der Waals surface area (Å²) in [6.07, 6.45) is 1.10. The van der Waals surface area contributed by atoms with Gasteiger partial charge in [-0.05, 0) is 12.5 Å². The minimum atomic E-state index is -0.249. The van der Waals surface area contributed by atoms with Gasteiger partial charge in [0.1, 0.15) is 10.1 Å². The van der Waals surface area contributed by atoms with Crippen LogP contribution in [0.25, 0.3) is 0 Å². The zero-order valence-electron chi connectivity index (χ0n) is 8.18. The van der Waals surface area contributed by atoms with Crippen LogP contribution in [0.1, 0.15) is 36.5 Å². The van der Waals surface area contributed by atoms with Crippen LogP contribution in [-0.2, 0) is 4.79 Å². The van der Waals surface area contributed by atoms with E-state index in [0.29, 0.717) is 20.7 Å². The number of carbonyl (C=O) groups is 2. The third kappa shape index (κ3) is 3.59. The molecule has 82 valence electrons. The van der Waals surface area contributed by atoms with Crippen LogP contribution in [0.2, 0.25) is 8.67 Å². The van der Waals surface area contributed by atoms with Gasteiger partial charge in [0, 0.05) is 12.0 Å². The summed E-state index contributed by atoms with van der Waals surface area (Å²) in [5.41, 5.74) is 0.358. The van der Waals surface area contributed by atoms with E-state index in [1.165, 1.54) is 6.07 Å². The Bertz CT molecular complexity index is 385. The Morgan fingerprint density at radius 3 is 2.53 bits per heavy atom. The van der Waals surface area contributed by atoms with E-state index in [9.17, 15) is 9.59 Å². The molecule has 0 amide bonds. The average molecular weight is 265 g/mol. The van der Waals surface area contributed by atoms with Crippen LogP contribution in [0.4, 0.5) is 0 Å². The summed E-state index contributed by atoms with van der Waals surface area (Å²) in [5.74, 6) is -0.303. The zero-order valence-corrected chi connectivity index (χ0v) is 10.5. The summed E-state index contributed by atoms with van der Waals surface area (Å²) in [4.78, 5) is 22.9. The van der Waals surface area contributed by atoms with Crippen molar-refractivity contribution >= 4 is 46.1 Å². The Morgan fingerprint density at radius 1 is 1.40 bits per heavy atom. The highest BCUT2D eigenvalue weighted by Crippen LogP contribution is 2.31. The van der Waals surface area contributed by atoms with E-state index in [-0.39, 0.29) is 18.0 Å².